The summed E-state index contributed by atoms with van der Waals surface area (Å²) in [7, 11) is 0. The zero-order chi connectivity index (χ0) is 17.8. The van der Waals surface area contributed by atoms with E-state index in [2.05, 4.69) is 20.2 Å². The van der Waals surface area contributed by atoms with Crippen LogP contribution in [0.25, 0.3) is 0 Å². The summed E-state index contributed by atoms with van der Waals surface area (Å²) >= 11 is 0. The lowest BCUT2D eigenvalue weighted by Gasteiger charge is -2.32. The van der Waals surface area contributed by atoms with E-state index in [-0.39, 0.29) is 17.9 Å². The molecule has 1 fully saturated rings. The summed E-state index contributed by atoms with van der Waals surface area (Å²) in [5.74, 6) is -1.14. The minimum Gasteiger partial charge on any atom is -0.355 e. The number of hydrogen-bond acceptors (Lipinski definition) is 4. The van der Waals surface area contributed by atoms with Crippen LogP contribution in [0.1, 0.15) is 31.4 Å². The van der Waals surface area contributed by atoms with Crippen LogP contribution >= 0.6 is 0 Å². The molecule has 1 aliphatic heterocycles. The number of piperidine rings is 1. The molecule has 5 nitrogen and oxygen atoms in total. The highest BCUT2D eigenvalue weighted by molar-refractivity contribution is 5.79. The van der Waals surface area contributed by atoms with E-state index >= 15 is 0 Å². The van der Waals surface area contributed by atoms with Gasteiger partial charge in [0.2, 0.25) is 5.91 Å². The number of amides is 1. The standard InChI is InChI=1S/C18H20F2N4O/c1-12(14-2-3-15(19)16(20)10-14)23-18(25)13-4-8-24(9-5-13)17-11-21-6-7-22-17/h2-3,6-7,10-13H,4-5,8-9H2,1H3,(H,23,25). The van der Waals surface area contributed by atoms with Crippen LogP contribution in [-0.2, 0) is 4.79 Å². The SMILES string of the molecule is CC(NC(=O)C1CCN(c2cnccn2)CC1)c1ccc(F)c(F)c1. The number of benzene rings is 1. The average Bonchev–Trinajstić information content (AvgIpc) is 2.64. The highest BCUT2D eigenvalue weighted by Gasteiger charge is 2.26. The van der Waals surface area contributed by atoms with Crippen LogP contribution in [0.4, 0.5) is 14.6 Å². The van der Waals surface area contributed by atoms with Crippen molar-refractivity contribution in [2.24, 2.45) is 5.92 Å². The molecule has 1 atom stereocenters. The summed E-state index contributed by atoms with van der Waals surface area (Å²) in [4.78, 5) is 22.9. The Morgan fingerprint density at radius 1 is 1.24 bits per heavy atom. The topological polar surface area (TPSA) is 58.1 Å². The Labute approximate surface area is 145 Å². The van der Waals surface area contributed by atoms with Gasteiger partial charge in [-0.2, -0.15) is 0 Å². The number of carbonyl (C=O) groups excluding carboxylic acids is 1. The predicted molar refractivity (Wildman–Crippen MR) is 89.9 cm³/mol. The number of rotatable bonds is 4. The van der Waals surface area contributed by atoms with Crippen LogP contribution in [0.3, 0.4) is 0 Å². The van der Waals surface area contributed by atoms with E-state index < -0.39 is 11.6 Å². The average molecular weight is 346 g/mol. The molecule has 1 N–H and O–H groups in total. The van der Waals surface area contributed by atoms with Gasteiger partial charge in [0.25, 0.3) is 0 Å². The maximum atomic E-state index is 13.3. The quantitative estimate of drug-likeness (QED) is 0.925. The Balaban J connectivity index is 1.55. The molecule has 0 radical (unpaired) electrons. The van der Waals surface area contributed by atoms with Gasteiger partial charge in [-0.05, 0) is 37.5 Å². The van der Waals surface area contributed by atoms with Gasteiger partial charge in [-0.3, -0.25) is 9.78 Å². The van der Waals surface area contributed by atoms with E-state index in [1.165, 1.54) is 6.07 Å². The maximum absolute atomic E-state index is 13.3. The van der Waals surface area contributed by atoms with Crippen molar-refractivity contribution < 1.29 is 13.6 Å². The summed E-state index contributed by atoms with van der Waals surface area (Å²) in [5, 5.41) is 2.89. The summed E-state index contributed by atoms with van der Waals surface area (Å²) in [5.41, 5.74) is 0.546. The molecule has 0 aliphatic carbocycles. The van der Waals surface area contributed by atoms with Crippen molar-refractivity contribution in [3.8, 4) is 0 Å². The molecule has 0 spiro atoms. The Morgan fingerprint density at radius 3 is 2.64 bits per heavy atom. The fourth-order valence-electron chi connectivity index (χ4n) is 3.02. The first-order valence-corrected chi connectivity index (χ1v) is 8.31. The van der Waals surface area contributed by atoms with Crippen molar-refractivity contribution in [3.63, 3.8) is 0 Å². The van der Waals surface area contributed by atoms with Crippen LogP contribution in [0.15, 0.2) is 36.8 Å². The summed E-state index contributed by atoms with van der Waals surface area (Å²) in [6.07, 6.45) is 6.42. The van der Waals surface area contributed by atoms with Crippen LogP contribution < -0.4 is 10.2 Å². The van der Waals surface area contributed by atoms with Crippen molar-refractivity contribution in [3.05, 3.63) is 54.0 Å². The molecule has 1 unspecified atom stereocenters. The lowest BCUT2D eigenvalue weighted by molar-refractivity contribution is -0.126. The number of nitrogens with one attached hydrogen (secondary N) is 1. The van der Waals surface area contributed by atoms with E-state index in [0.29, 0.717) is 18.4 Å². The molecule has 3 rings (SSSR count). The Morgan fingerprint density at radius 2 is 2.00 bits per heavy atom. The molecule has 0 bridgehead atoms. The number of halogens is 2. The summed E-state index contributed by atoms with van der Waals surface area (Å²) < 4.78 is 26.3. The second-order valence-electron chi connectivity index (χ2n) is 6.23. The molecule has 132 valence electrons. The van der Waals surface area contributed by atoms with Gasteiger partial charge in [0.1, 0.15) is 5.82 Å². The lowest BCUT2D eigenvalue weighted by Crippen LogP contribution is -2.41. The number of nitrogens with zero attached hydrogens (tertiary/aromatic N) is 3. The smallest absolute Gasteiger partial charge is 0.223 e. The number of aromatic nitrogens is 2. The van der Waals surface area contributed by atoms with Crippen molar-refractivity contribution in [2.75, 3.05) is 18.0 Å². The molecule has 1 saturated heterocycles. The second kappa shape index (κ2) is 7.55. The van der Waals surface area contributed by atoms with Crippen LogP contribution in [0, 0.1) is 17.6 Å². The zero-order valence-electron chi connectivity index (χ0n) is 14.0. The highest BCUT2D eigenvalue weighted by Crippen LogP contribution is 2.23. The molecule has 2 aromatic rings. The number of carbonyl (C=O) groups is 1. The van der Waals surface area contributed by atoms with E-state index in [0.717, 1.165) is 31.0 Å². The second-order valence-corrected chi connectivity index (χ2v) is 6.23. The van der Waals surface area contributed by atoms with Gasteiger partial charge in [0.05, 0.1) is 12.2 Å². The molecule has 7 heteroatoms. The van der Waals surface area contributed by atoms with Gasteiger partial charge in [-0.1, -0.05) is 6.07 Å². The molecule has 1 amide bonds. The number of anilines is 1. The van der Waals surface area contributed by atoms with Crippen LogP contribution in [0.2, 0.25) is 0 Å². The lowest BCUT2D eigenvalue weighted by atomic mass is 9.95. The van der Waals surface area contributed by atoms with Crippen molar-refractivity contribution in [1.82, 2.24) is 15.3 Å². The van der Waals surface area contributed by atoms with E-state index in [1.807, 2.05) is 0 Å². The monoisotopic (exact) mass is 346 g/mol. The maximum Gasteiger partial charge on any atom is 0.223 e. The van der Waals surface area contributed by atoms with Gasteiger partial charge in [0.15, 0.2) is 11.6 Å². The Kier molecular flexibility index (Phi) is 5.21. The minimum absolute atomic E-state index is 0.0592. The molecule has 1 aromatic carbocycles. The molecular weight excluding hydrogens is 326 g/mol. The Hall–Kier alpha value is -2.57. The van der Waals surface area contributed by atoms with Gasteiger partial charge in [0, 0.05) is 31.4 Å². The molecule has 25 heavy (non-hydrogen) atoms. The van der Waals surface area contributed by atoms with Gasteiger partial charge in [-0.15, -0.1) is 0 Å². The molecule has 1 aliphatic rings. The molecule has 0 saturated carbocycles. The first-order chi connectivity index (χ1) is 12.0. The third kappa shape index (κ3) is 4.10. The third-order valence-electron chi connectivity index (χ3n) is 4.54. The third-order valence-corrected chi connectivity index (χ3v) is 4.54. The molecule has 2 heterocycles. The molecule has 1 aromatic heterocycles. The van der Waals surface area contributed by atoms with Crippen LogP contribution in [0.5, 0.6) is 0 Å². The first kappa shape index (κ1) is 17.3. The van der Waals surface area contributed by atoms with Crippen LogP contribution in [-0.4, -0.2) is 29.0 Å². The van der Waals surface area contributed by atoms with Gasteiger partial charge in [-0.25, -0.2) is 13.8 Å². The fraction of sp³-hybridized carbons (Fsp3) is 0.389. The largest absolute Gasteiger partial charge is 0.355 e. The van der Waals surface area contributed by atoms with Crippen molar-refractivity contribution >= 4 is 11.7 Å². The van der Waals surface area contributed by atoms with Crippen molar-refractivity contribution in [2.45, 2.75) is 25.8 Å². The summed E-state index contributed by atoms with van der Waals surface area (Å²) in [6, 6.07) is 3.31. The van der Waals surface area contributed by atoms with Gasteiger partial charge >= 0.3 is 0 Å². The van der Waals surface area contributed by atoms with Gasteiger partial charge < -0.3 is 10.2 Å². The minimum atomic E-state index is -0.907. The van der Waals surface area contributed by atoms with Crippen molar-refractivity contribution in [1.29, 1.82) is 0 Å². The number of hydrogen-bond donors (Lipinski definition) is 1. The Bertz CT molecular complexity index is 733. The first-order valence-electron chi connectivity index (χ1n) is 8.31. The zero-order valence-corrected chi connectivity index (χ0v) is 14.0. The summed E-state index contributed by atoms with van der Waals surface area (Å²) in [6.45, 7) is 3.23. The van der Waals surface area contributed by atoms with E-state index in [4.69, 9.17) is 0 Å². The predicted octanol–water partition coefficient (Wildman–Crippen LogP) is 2.85. The highest BCUT2D eigenvalue weighted by atomic mass is 19.2. The normalized spacial score (nSPS) is 16.5. The van der Waals surface area contributed by atoms with E-state index in [9.17, 15) is 13.6 Å². The molecular formula is C18H20F2N4O. The fourth-order valence-corrected chi connectivity index (χ4v) is 3.02. The van der Waals surface area contributed by atoms with E-state index in [1.54, 1.807) is 25.5 Å².